The molecule has 0 spiro atoms. The van der Waals surface area contributed by atoms with Crippen molar-refractivity contribution in [1.82, 2.24) is 15.2 Å². The van der Waals surface area contributed by atoms with Crippen LogP contribution < -0.4 is 10.5 Å². The zero-order chi connectivity index (χ0) is 10.5. The third-order valence-corrected chi connectivity index (χ3v) is 1.93. The first-order valence-corrected chi connectivity index (χ1v) is 4.67. The molecule has 1 aromatic heterocycles. The van der Waals surface area contributed by atoms with Gasteiger partial charge in [-0.1, -0.05) is 6.07 Å². The Morgan fingerprint density at radius 3 is 3.07 bits per heavy atom. The average Bonchev–Trinajstić information content (AvgIpc) is 2.71. The molecule has 78 valence electrons. The second-order valence-corrected chi connectivity index (χ2v) is 3.10. The maximum absolute atomic E-state index is 5.62. The summed E-state index contributed by atoms with van der Waals surface area (Å²) in [6, 6.07) is 7.35. The van der Waals surface area contributed by atoms with E-state index in [0.29, 0.717) is 18.7 Å². The summed E-state index contributed by atoms with van der Waals surface area (Å²) in [6.45, 7) is 0.554. The van der Waals surface area contributed by atoms with Gasteiger partial charge in [-0.2, -0.15) is 5.10 Å². The number of anilines is 1. The van der Waals surface area contributed by atoms with Crippen LogP contribution in [0, 0.1) is 0 Å². The van der Waals surface area contributed by atoms with Crippen LogP contribution in [-0.4, -0.2) is 21.8 Å². The summed E-state index contributed by atoms with van der Waals surface area (Å²) in [5, 5.41) is 6.52. The van der Waals surface area contributed by atoms with Gasteiger partial charge in [-0.3, -0.25) is 5.10 Å². The summed E-state index contributed by atoms with van der Waals surface area (Å²) in [6.07, 6.45) is 2.19. The summed E-state index contributed by atoms with van der Waals surface area (Å²) < 4.78 is 5.49. The number of aromatic nitrogens is 3. The number of benzene rings is 1. The van der Waals surface area contributed by atoms with Crippen molar-refractivity contribution in [3.63, 3.8) is 0 Å². The number of rotatable bonds is 4. The Morgan fingerprint density at radius 1 is 1.40 bits per heavy atom. The number of nitrogen functional groups attached to an aromatic ring is 1. The first-order chi connectivity index (χ1) is 7.34. The van der Waals surface area contributed by atoms with E-state index in [1.165, 1.54) is 6.33 Å². The van der Waals surface area contributed by atoms with E-state index < -0.39 is 0 Å². The van der Waals surface area contributed by atoms with Crippen LogP contribution in [0.1, 0.15) is 5.82 Å². The second-order valence-electron chi connectivity index (χ2n) is 3.10. The Kier molecular flexibility index (Phi) is 2.82. The summed E-state index contributed by atoms with van der Waals surface area (Å²) in [5.41, 5.74) is 6.32. The van der Waals surface area contributed by atoms with E-state index in [0.717, 1.165) is 11.6 Å². The molecule has 0 atom stereocenters. The van der Waals surface area contributed by atoms with Crippen LogP contribution >= 0.6 is 0 Å². The number of nitrogens with zero attached hydrogens (tertiary/aromatic N) is 2. The molecular formula is C10H12N4O. The molecule has 0 fully saturated rings. The summed E-state index contributed by atoms with van der Waals surface area (Å²) in [5.74, 6) is 1.59. The molecule has 0 unspecified atom stereocenters. The number of hydrogen-bond acceptors (Lipinski definition) is 4. The number of nitrogens with two attached hydrogens (primary N) is 1. The molecule has 0 saturated heterocycles. The Morgan fingerprint density at radius 2 is 2.33 bits per heavy atom. The monoisotopic (exact) mass is 204 g/mol. The van der Waals surface area contributed by atoms with Crippen molar-refractivity contribution in [1.29, 1.82) is 0 Å². The van der Waals surface area contributed by atoms with E-state index in [1.54, 1.807) is 6.07 Å². The molecule has 1 heterocycles. The molecular weight excluding hydrogens is 192 g/mol. The number of hydrogen-bond donors (Lipinski definition) is 2. The first kappa shape index (κ1) is 9.51. The van der Waals surface area contributed by atoms with E-state index in [4.69, 9.17) is 10.5 Å². The molecule has 1 aromatic carbocycles. The fourth-order valence-corrected chi connectivity index (χ4v) is 1.22. The van der Waals surface area contributed by atoms with E-state index in [2.05, 4.69) is 15.2 Å². The van der Waals surface area contributed by atoms with Crippen molar-refractivity contribution in [3.8, 4) is 5.75 Å². The topological polar surface area (TPSA) is 76.8 Å². The molecule has 0 bridgehead atoms. The normalized spacial score (nSPS) is 10.1. The van der Waals surface area contributed by atoms with Gasteiger partial charge in [0.15, 0.2) is 0 Å². The number of ether oxygens (including phenoxy) is 1. The lowest BCUT2D eigenvalue weighted by molar-refractivity contribution is 0.319. The Labute approximate surface area is 87.3 Å². The third-order valence-electron chi connectivity index (χ3n) is 1.93. The molecule has 0 radical (unpaired) electrons. The molecule has 3 N–H and O–H groups in total. The molecule has 5 nitrogen and oxygen atoms in total. The highest BCUT2D eigenvalue weighted by molar-refractivity contribution is 5.43. The zero-order valence-electron chi connectivity index (χ0n) is 8.18. The van der Waals surface area contributed by atoms with Crippen molar-refractivity contribution >= 4 is 5.69 Å². The van der Waals surface area contributed by atoms with E-state index in [1.807, 2.05) is 18.2 Å². The highest BCUT2D eigenvalue weighted by atomic mass is 16.5. The first-order valence-electron chi connectivity index (χ1n) is 4.67. The Balaban J connectivity index is 1.83. The quantitative estimate of drug-likeness (QED) is 0.728. The lowest BCUT2D eigenvalue weighted by Crippen LogP contribution is -2.03. The zero-order valence-corrected chi connectivity index (χ0v) is 8.18. The number of H-pyrrole nitrogens is 1. The summed E-state index contributed by atoms with van der Waals surface area (Å²) in [7, 11) is 0. The van der Waals surface area contributed by atoms with Gasteiger partial charge >= 0.3 is 0 Å². The fourth-order valence-electron chi connectivity index (χ4n) is 1.22. The van der Waals surface area contributed by atoms with Gasteiger partial charge in [-0.25, -0.2) is 4.98 Å². The minimum Gasteiger partial charge on any atom is -0.493 e. The molecule has 0 aliphatic heterocycles. The second kappa shape index (κ2) is 4.45. The van der Waals surface area contributed by atoms with Crippen molar-refractivity contribution in [2.24, 2.45) is 0 Å². The third kappa shape index (κ3) is 2.70. The van der Waals surface area contributed by atoms with E-state index in [-0.39, 0.29) is 0 Å². The Bertz CT molecular complexity index is 413. The maximum atomic E-state index is 5.62. The summed E-state index contributed by atoms with van der Waals surface area (Å²) >= 11 is 0. The number of aromatic amines is 1. The van der Waals surface area contributed by atoms with E-state index >= 15 is 0 Å². The lowest BCUT2D eigenvalue weighted by Gasteiger charge is -2.04. The molecule has 0 amide bonds. The molecule has 0 aliphatic carbocycles. The Hall–Kier alpha value is -2.04. The predicted molar refractivity (Wildman–Crippen MR) is 56.4 cm³/mol. The van der Waals surface area contributed by atoms with Gasteiger partial charge in [0.25, 0.3) is 0 Å². The van der Waals surface area contributed by atoms with Gasteiger partial charge in [-0.05, 0) is 12.1 Å². The minimum atomic E-state index is 0.554. The van der Waals surface area contributed by atoms with Gasteiger partial charge in [0, 0.05) is 18.2 Å². The molecule has 2 aromatic rings. The predicted octanol–water partition coefficient (Wildman–Crippen LogP) is 1.01. The maximum Gasteiger partial charge on any atom is 0.137 e. The summed E-state index contributed by atoms with van der Waals surface area (Å²) in [4.78, 5) is 3.99. The van der Waals surface area contributed by atoms with Gasteiger partial charge in [0.1, 0.15) is 17.9 Å². The van der Waals surface area contributed by atoms with Crippen LogP contribution in [0.15, 0.2) is 30.6 Å². The smallest absolute Gasteiger partial charge is 0.137 e. The van der Waals surface area contributed by atoms with Crippen LogP contribution in [0.5, 0.6) is 5.75 Å². The van der Waals surface area contributed by atoms with Gasteiger partial charge in [-0.15, -0.1) is 0 Å². The van der Waals surface area contributed by atoms with Crippen LogP contribution in [0.3, 0.4) is 0 Å². The number of nitrogens with one attached hydrogen (secondary N) is 1. The minimum absolute atomic E-state index is 0.554. The molecule has 0 aliphatic rings. The van der Waals surface area contributed by atoms with Crippen LogP contribution in [-0.2, 0) is 6.42 Å². The highest BCUT2D eigenvalue weighted by Gasteiger charge is 1.97. The van der Waals surface area contributed by atoms with Crippen LogP contribution in [0.25, 0.3) is 0 Å². The van der Waals surface area contributed by atoms with Crippen molar-refractivity contribution in [3.05, 3.63) is 36.4 Å². The van der Waals surface area contributed by atoms with Gasteiger partial charge < -0.3 is 10.5 Å². The fraction of sp³-hybridized carbons (Fsp3) is 0.200. The van der Waals surface area contributed by atoms with E-state index in [9.17, 15) is 0 Å². The van der Waals surface area contributed by atoms with Crippen LogP contribution in [0.4, 0.5) is 5.69 Å². The molecule has 2 rings (SSSR count). The van der Waals surface area contributed by atoms with Crippen molar-refractivity contribution in [2.75, 3.05) is 12.3 Å². The van der Waals surface area contributed by atoms with Gasteiger partial charge in [0.05, 0.1) is 6.61 Å². The highest BCUT2D eigenvalue weighted by Crippen LogP contribution is 2.14. The standard InChI is InChI=1S/C10H12N4O/c11-8-2-1-3-9(6-8)15-5-4-10-12-7-13-14-10/h1-3,6-7H,4-5,11H2,(H,12,13,14). The van der Waals surface area contributed by atoms with Crippen molar-refractivity contribution in [2.45, 2.75) is 6.42 Å². The van der Waals surface area contributed by atoms with Crippen LogP contribution in [0.2, 0.25) is 0 Å². The largest absolute Gasteiger partial charge is 0.493 e. The molecule has 5 heteroatoms. The average molecular weight is 204 g/mol. The van der Waals surface area contributed by atoms with Crippen molar-refractivity contribution < 1.29 is 4.74 Å². The molecule has 15 heavy (non-hydrogen) atoms. The lowest BCUT2D eigenvalue weighted by atomic mass is 10.3. The molecule has 0 saturated carbocycles. The SMILES string of the molecule is Nc1cccc(OCCc2ncn[nH]2)c1. The van der Waals surface area contributed by atoms with Gasteiger partial charge in [0.2, 0.25) is 0 Å².